The molecule has 0 spiro atoms. The molecule has 1 aliphatic heterocycles. The minimum atomic E-state index is -0.972. The summed E-state index contributed by atoms with van der Waals surface area (Å²) < 4.78 is 0. The highest BCUT2D eigenvalue weighted by Gasteiger charge is 2.32. The maximum absolute atomic E-state index is 10.8. The van der Waals surface area contributed by atoms with Gasteiger partial charge in [0.15, 0.2) is 5.65 Å². The quantitative estimate of drug-likeness (QED) is 0.754. The number of nitrogens with one attached hydrogen (secondary N) is 2. The van der Waals surface area contributed by atoms with E-state index >= 15 is 0 Å². The Morgan fingerprint density at radius 3 is 2.90 bits per heavy atom. The van der Waals surface area contributed by atoms with Crippen molar-refractivity contribution in [1.82, 2.24) is 25.5 Å². The van der Waals surface area contributed by atoms with E-state index in [1.54, 1.807) is 6.20 Å². The third-order valence-electron chi connectivity index (χ3n) is 3.80. The van der Waals surface area contributed by atoms with Gasteiger partial charge in [0.05, 0.1) is 11.6 Å². The van der Waals surface area contributed by atoms with Crippen LogP contribution in [0, 0.1) is 0 Å². The molecule has 0 aliphatic carbocycles. The van der Waals surface area contributed by atoms with E-state index in [2.05, 4.69) is 30.4 Å². The molecule has 0 unspecified atom stereocenters. The molecule has 0 aromatic carbocycles. The number of aromatic nitrogens is 4. The van der Waals surface area contributed by atoms with Crippen LogP contribution in [0.3, 0.4) is 0 Å². The second-order valence-electron chi connectivity index (χ2n) is 5.31. The van der Waals surface area contributed by atoms with Crippen LogP contribution in [0.1, 0.15) is 19.8 Å². The van der Waals surface area contributed by atoms with E-state index in [-0.39, 0.29) is 5.54 Å². The fraction of sp³-hybridized carbons (Fsp3) is 0.500. The number of carboxylic acid groups (broad SMARTS) is 1. The predicted octanol–water partition coefficient (Wildman–Crippen LogP) is 0.979. The van der Waals surface area contributed by atoms with Crippen LogP contribution in [-0.2, 0) is 0 Å². The molecule has 0 bridgehead atoms. The van der Waals surface area contributed by atoms with Crippen LogP contribution in [0.2, 0.25) is 0 Å². The van der Waals surface area contributed by atoms with Gasteiger partial charge in [-0.2, -0.15) is 5.10 Å². The topological polar surface area (TPSA) is 107 Å². The third kappa shape index (κ3) is 2.24. The fourth-order valence-electron chi connectivity index (χ4n) is 2.60. The number of hydrogen-bond acceptors (Lipinski definition) is 5. The molecule has 2 aromatic rings. The van der Waals surface area contributed by atoms with Crippen molar-refractivity contribution in [2.75, 3.05) is 18.0 Å². The van der Waals surface area contributed by atoms with Gasteiger partial charge in [-0.3, -0.25) is 5.10 Å². The van der Waals surface area contributed by atoms with E-state index < -0.39 is 6.09 Å². The van der Waals surface area contributed by atoms with Crippen molar-refractivity contribution >= 4 is 22.9 Å². The Morgan fingerprint density at radius 2 is 2.20 bits per heavy atom. The average Bonchev–Trinajstić information content (AvgIpc) is 2.86. The Morgan fingerprint density at radius 1 is 1.45 bits per heavy atom. The molecule has 8 nitrogen and oxygen atoms in total. The summed E-state index contributed by atoms with van der Waals surface area (Å²) in [5.41, 5.74) is 0.345. The van der Waals surface area contributed by atoms with Gasteiger partial charge in [0, 0.05) is 18.6 Å². The number of amides is 1. The van der Waals surface area contributed by atoms with Crippen molar-refractivity contribution in [3.05, 3.63) is 12.5 Å². The fourth-order valence-corrected chi connectivity index (χ4v) is 2.60. The number of H-pyrrole nitrogens is 1. The molecule has 2 aromatic heterocycles. The largest absolute Gasteiger partial charge is 0.465 e. The first-order valence-corrected chi connectivity index (χ1v) is 6.47. The van der Waals surface area contributed by atoms with Crippen LogP contribution < -0.4 is 10.2 Å². The normalized spacial score (nSPS) is 18.1. The van der Waals surface area contributed by atoms with Crippen LogP contribution in [0.15, 0.2) is 12.5 Å². The number of fused-ring (bicyclic) bond motifs is 1. The molecular weight excluding hydrogens is 260 g/mol. The molecule has 8 heteroatoms. The number of piperidine rings is 1. The molecule has 3 N–H and O–H groups in total. The molecule has 1 amide bonds. The number of nitrogens with zero attached hydrogens (tertiary/aromatic N) is 4. The highest BCUT2D eigenvalue weighted by atomic mass is 16.4. The zero-order valence-corrected chi connectivity index (χ0v) is 11.1. The van der Waals surface area contributed by atoms with Gasteiger partial charge in [0.25, 0.3) is 0 Å². The summed E-state index contributed by atoms with van der Waals surface area (Å²) in [6.45, 7) is 3.42. The van der Waals surface area contributed by atoms with Crippen LogP contribution in [0.4, 0.5) is 10.6 Å². The Balaban J connectivity index is 1.78. The summed E-state index contributed by atoms with van der Waals surface area (Å²) in [6.07, 6.45) is 3.73. The molecule has 1 fully saturated rings. The molecule has 1 saturated heterocycles. The standard InChI is InChI=1S/C12H16N6O2/c1-12(16-11(19)20)2-4-18(5-3-12)10-8-6-15-17-9(8)13-7-14-10/h6-7,16H,2-5H2,1H3,(H,19,20)(H,13,14,15,17). The maximum atomic E-state index is 10.8. The lowest BCUT2D eigenvalue weighted by Gasteiger charge is -2.39. The number of carbonyl (C=O) groups is 1. The van der Waals surface area contributed by atoms with Gasteiger partial charge < -0.3 is 15.3 Å². The summed E-state index contributed by atoms with van der Waals surface area (Å²) in [5, 5.41) is 19.2. The Kier molecular flexibility index (Phi) is 2.92. The van der Waals surface area contributed by atoms with Gasteiger partial charge in [0.1, 0.15) is 12.1 Å². The molecular formula is C12H16N6O2. The molecule has 0 radical (unpaired) electrons. The minimum Gasteiger partial charge on any atom is -0.465 e. The van der Waals surface area contributed by atoms with Gasteiger partial charge in [-0.1, -0.05) is 0 Å². The second-order valence-corrected chi connectivity index (χ2v) is 5.31. The summed E-state index contributed by atoms with van der Waals surface area (Å²) in [7, 11) is 0. The predicted molar refractivity (Wildman–Crippen MR) is 72.7 cm³/mol. The van der Waals surface area contributed by atoms with E-state index in [9.17, 15) is 4.79 Å². The number of aromatic amines is 1. The van der Waals surface area contributed by atoms with Crippen molar-refractivity contribution in [1.29, 1.82) is 0 Å². The first-order chi connectivity index (χ1) is 9.57. The Hall–Kier alpha value is -2.38. The summed E-state index contributed by atoms with van der Waals surface area (Å²) in [5.74, 6) is 0.848. The van der Waals surface area contributed by atoms with E-state index in [1.165, 1.54) is 6.33 Å². The smallest absolute Gasteiger partial charge is 0.405 e. The minimum absolute atomic E-state index is 0.370. The van der Waals surface area contributed by atoms with E-state index in [0.717, 1.165) is 37.1 Å². The Labute approximate surface area is 115 Å². The Bertz CT molecular complexity index is 632. The highest BCUT2D eigenvalue weighted by Crippen LogP contribution is 2.28. The molecule has 0 saturated carbocycles. The maximum Gasteiger partial charge on any atom is 0.405 e. The second kappa shape index (κ2) is 4.62. The van der Waals surface area contributed by atoms with Crippen molar-refractivity contribution in [2.45, 2.75) is 25.3 Å². The number of hydrogen-bond donors (Lipinski definition) is 3. The first-order valence-electron chi connectivity index (χ1n) is 6.47. The molecule has 20 heavy (non-hydrogen) atoms. The lowest BCUT2D eigenvalue weighted by molar-refractivity contribution is 0.173. The van der Waals surface area contributed by atoms with Crippen LogP contribution >= 0.6 is 0 Å². The first kappa shape index (κ1) is 12.6. The third-order valence-corrected chi connectivity index (χ3v) is 3.80. The SMILES string of the molecule is CC1(NC(=O)O)CCN(c2ncnc3[nH]ncc23)CC1. The number of rotatable bonds is 2. The van der Waals surface area contributed by atoms with Gasteiger partial charge >= 0.3 is 6.09 Å². The number of anilines is 1. The molecule has 106 valence electrons. The van der Waals surface area contributed by atoms with E-state index in [0.29, 0.717) is 5.65 Å². The zero-order valence-electron chi connectivity index (χ0n) is 11.1. The zero-order chi connectivity index (χ0) is 14.2. The van der Waals surface area contributed by atoms with Crippen molar-refractivity contribution in [2.24, 2.45) is 0 Å². The van der Waals surface area contributed by atoms with Crippen molar-refractivity contribution < 1.29 is 9.90 Å². The van der Waals surface area contributed by atoms with E-state index in [1.807, 2.05) is 6.92 Å². The van der Waals surface area contributed by atoms with E-state index in [4.69, 9.17) is 5.11 Å². The van der Waals surface area contributed by atoms with Crippen LogP contribution in [-0.4, -0.2) is 50.0 Å². The molecule has 0 atom stereocenters. The van der Waals surface area contributed by atoms with Crippen LogP contribution in [0.25, 0.3) is 11.0 Å². The summed E-state index contributed by atoms with van der Waals surface area (Å²) >= 11 is 0. The lowest BCUT2D eigenvalue weighted by Crippen LogP contribution is -2.53. The van der Waals surface area contributed by atoms with Gasteiger partial charge in [0.2, 0.25) is 0 Å². The van der Waals surface area contributed by atoms with Crippen LogP contribution in [0.5, 0.6) is 0 Å². The van der Waals surface area contributed by atoms with Gasteiger partial charge in [-0.05, 0) is 19.8 Å². The molecule has 1 aliphatic rings. The van der Waals surface area contributed by atoms with Crippen molar-refractivity contribution in [3.63, 3.8) is 0 Å². The monoisotopic (exact) mass is 276 g/mol. The lowest BCUT2D eigenvalue weighted by atomic mass is 9.90. The summed E-state index contributed by atoms with van der Waals surface area (Å²) in [6, 6.07) is 0. The summed E-state index contributed by atoms with van der Waals surface area (Å²) in [4.78, 5) is 21.4. The highest BCUT2D eigenvalue weighted by molar-refractivity contribution is 5.86. The van der Waals surface area contributed by atoms with Gasteiger partial charge in [-0.15, -0.1) is 0 Å². The van der Waals surface area contributed by atoms with Crippen molar-refractivity contribution in [3.8, 4) is 0 Å². The molecule has 3 heterocycles. The molecule has 3 rings (SSSR count). The van der Waals surface area contributed by atoms with Gasteiger partial charge in [-0.25, -0.2) is 14.8 Å². The average molecular weight is 276 g/mol.